The number of hydrogen-bond donors (Lipinski definition) is 5. The van der Waals surface area contributed by atoms with Crippen molar-refractivity contribution >= 4 is 40.3 Å². The summed E-state index contributed by atoms with van der Waals surface area (Å²) in [6, 6.07) is 76.9. The smallest absolute Gasteiger partial charge is 0.347 e. The summed E-state index contributed by atoms with van der Waals surface area (Å²) in [5.41, 5.74) is 13.7. The van der Waals surface area contributed by atoms with Crippen LogP contribution < -0.4 is 50.8 Å². The van der Waals surface area contributed by atoms with E-state index in [4.69, 9.17) is 22.4 Å². The molecule has 5 aromatic heterocycles. The zero-order chi connectivity index (χ0) is 89.7. The number of aromatic nitrogens is 5. The van der Waals surface area contributed by atoms with Gasteiger partial charge in [-0.15, -0.1) is 0 Å². The van der Waals surface area contributed by atoms with Crippen molar-refractivity contribution in [1.82, 2.24) is 14.1 Å². The maximum atomic E-state index is 12.9. The van der Waals surface area contributed by atoms with Gasteiger partial charge in [0.2, 0.25) is 0 Å². The highest BCUT2D eigenvalue weighted by Crippen LogP contribution is 2.37. The molecule has 0 bridgehead atoms. The Hall–Kier alpha value is -12.3. The normalized spacial score (nSPS) is 14.7. The summed E-state index contributed by atoms with van der Waals surface area (Å²) in [4.78, 5) is 81.7. The monoisotopic (exact) mass is 1800 g/mol. The molecule has 12 aromatic rings. The first-order chi connectivity index (χ1) is 61.0. The molecular weight excluding hydrogens is 1690 g/mol. The molecule has 0 amide bonds. The number of carbonyl (C=O) groups is 1. The lowest BCUT2D eigenvalue weighted by molar-refractivity contribution is -0.770. The second kappa shape index (κ2) is 50.9. The lowest BCUT2D eigenvalue weighted by Gasteiger charge is -2.37. The molecule has 28 heteroatoms. The fourth-order valence-electron chi connectivity index (χ4n) is 16.6. The van der Waals surface area contributed by atoms with E-state index in [9.17, 15) is 70.2 Å². The van der Waals surface area contributed by atoms with Crippen molar-refractivity contribution in [2.24, 2.45) is 5.73 Å². The number of hydrogen-bond acceptors (Lipinski definition) is 16. The molecule has 6 N–H and O–H groups in total. The number of aliphatic hydroxyl groups excluding tert-OH is 3. The third-order valence-electron chi connectivity index (χ3n) is 23.6. The van der Waals surface area contributed by atoms with E-state index in [1.165, 1.54) is 83.9 Å². The van der Waals surface area contributed by atoms with Gasteiger partial charge in [0.25, 0.3) is 33.9 Å². The molecule has 16 rings (SSSR count). The topological polar surface area (TPSA) is 361 Å². The summed E-state index contributed by atoms with van der Waals surface area (Å²) < 4.78 is 7.14. The maximum Gasteiger partial charge on any atom is 0.347 e. The number of pyridine rings is 5. The third kappa shape index (κ3) is 29.1. The largest absolute Gasteiger partial charge is 1.00 e. The van der Waals surface area contributed by atoms with Crippen molar-refractivity contribution in [3.05, 3.63) is 420 Å². The Bertz CT molecular complexity index is 5570. The van der Waals surface area contributed by atoms with Crippen molar-refractivity contribution in [3.63, 3.8) is 0 Å². The summed E-state index contributed by atoms with van der Waals surface area (Å²) in [5.74, 6) is -0.892. The maximum absolute atomic E-state index is 12.9. The van der Waals surface area contributed by atoms with Crippen LogP contribution in [0.15, 0.2) is 308 Å². The van der Waals surface area contributed by atoms with E-state index in [0.29, 0.717) is 37.7 Å². The predicted molar refractivity (Wildman–Crippen MR) is 487 cm³/mol. The Morgan fingerprint density at radius 1 is 0.414 bits per heavy atom. The third-order valence-corrected chi connectivity index (χ3v) is 23.9. The highest BCUT2D eigenvalue weighted by molar-refractivity contribution is 6.32. The first kappa shape index (κ1) is 101. The molecule has 0 saturated heterocycles. The van der Waals surface area contributed by atoms with Crippen LogP contribution in [0.1, 0.15) is 184 Å². The molecule has 25 nitrogen and oxygen atoms in total. The molecule has 0 atom stereocenters. The molecule has 672 valence electrons. The summed E-state index contributed by atoms with van der Waals surface area (Å²) in [6.45, 7) is 0.446. The second-order valence-electron chi connectivity index (χ2n) is 32.5. The van der Waals surface area contributed by atoms with Crippen molar-refractivity contribution < 1.29 is 78.9 Å². The number of carboxylic acid groups (broad SMARTS) is 1. The van der Waals surface area contributed by atoms with Gasteiger partial charge in [0.05, 0.1) is 44.5 Å². The highest BCUT2D eigenvalue weighted by atomic mass is 35.5. The lowest BCUT2D eigenvalue weighted by atomic mass is 9.81. The first-order valence-electron chi connectivity index (χ1n) is 42.9. The molecule has 0 unspecified atom stereocenters. The lowest BCUT2D eigenvalue weighted by Crippen LogP contribution is -3.00. The number of aliphatic hydroxyl groups is 3. The Labute approximate surface area is 762 Å². The van der Waals surface area contributed by atoms with Crippen LogP contribution in [0.3, 0.4) is 0 Å². The highest BCUT2D eigenvalue weighted by Gasteiger charge is 2.43. The number of non-ortho nitro benzene ring substituents is 2. The van der Waals surface area contributed by atoms with E-state index in [1.807, 2.05) is 134 Å². The Balaban J connectivity index is 0.000000188. The van der Waals surface area contributed by atoms with Crippen molar-refractivity contribution in [2.75, 3.05) is 19.8 Å². The predicted octanol–water partition coefficient (Wildman–Crippen LogP) is 12.3. The van der Waals surface area contributed by atoms with Gasteiger partial charge in [-0.3, -0.25) is 59.6 Å². The summed E-state index contributed by atoms with van der Waals surface area (Å²) >= 11 is 5.43. The van der Waals surface area contributed by atoms with Gasteiger partial charge >= 0.3 is 11.7 Å². The molecule has 7 aromatic carbocycles. The van der Waals surface area contributed by atoms with Crippen LogP contribution in [0.2, 0.25) is 5.02 Å². The fourth-order valence-corrected chi connectivity index (χ4v) is 16.8. The summed E-state index contributed by atoms with van der Waals surface area (Å²) in [6.07, 6.45) is 39.3. The summed E-state index contributed by atoms with van der Waals surface area (Å²) in [5, 5.41) is 81.1. The molecule has 4 aliphatic carbocycles. The van der Waals surface area contributed by atoms with Gasteiger partial charge < -0.3 is 55.5 Å². The van der Waals surface area contributed by atoms with Gasteiger partial charge in [0.15, 0.2) is 30.3 Å². The molecule has 128 heavy (non-hydrogen) atoms. The van der Waals surface area contributed by atoms with E-state index < -0.39 is 42.4 Å². The quantitative estimate of drug-likeness (QED) is 0.0239. The Morgan fingerprint density at radius 2 is 0.812 bits per heavy atom. The number of halogens is 3. The van der Waals surface area contributed by atoms with E-state index in [-0.39, 0.29) is 94.6 Å². The molecule has 5 heterocycles. The van der Waals surface area contributed by atoms with Gasteiger partial charge in [-0.25, -0.2) is 4.79 Å². The van der Waals surface area contributed by atoms with Crippen molar-refractivity contribution in [2.45, 2.75) is 183 Å². The number of aliphatic carboxylic acids is 1. The van der Waals surface area contributed by atoms with Crippen LogP contribution in [0.4, 0.5) is 22.7 Å². The minimum absolute atomic E-state index is 0. The number of nitro benzene ring substituents is 4. The zero-order valence-corrected chi connectivity index (χ0v) is 73.9. The Kier molecular flexibility index (Phi) is 40.2. The average molecular weight is 1800 g/mol. The number of benzene rings is 7. The SMILES string of the molecule is NC1(CO)CCCCC1.O=C(O)C1(n2cccc(Cc3ccccc3)c2=O)CCCCC1.O=[N+]([O-])c1ccc(-[n+]2cccc(Cc3ccccc3)c2)c([N+](=O)[O-])c1.O=[N+]([O-])c1ccc(Cl)c([N+](=O)[O-])c1.O=c1c(Cc2ccccc2)cccn1C1(CO)CCCCC1.OCC1([n+]2cccc(Cc3ccccc3)c2)CCCCC1.[Cl-].[Cl-].c1ccc(Cc2cccnc2)cc1. The van der Waals surface area contributed by atoms with Gasteiger partial charge in [-0.05, 0) is 128 Å². The van der Waals surface area contributed by atoms with Crippen molar-refractivity contribution in [3.8, 4) is 5.69 Å². The Morgan fingerprint density at radius 3 is 1.24 bits per heavy atom. The molecular formula is C100H111Cl3N10O15. The van der Waals surface area contributed by atoms with E-state index >= 15 is 0 Å². The van der Waals surface area contributed by atoms with Gasteiger partial charge in [0, 0.05) is 121 Å². The minimum Gasteiger partial charge on any atom is -1.00 e. The molecule has 0 spiro atoms. The molecule has 0 aliphatic heterocycles. The fraction of sp³-hybridized carbons (Fsp3) is 0.320. The van der Waals surface area contributed by atoms with Crippen LogP contribution in [0, 0.1) is 40.5 Å². The number of rotatable bonds is 22. The van der Waals surface area contributed by atoms with Crippen LogP contribution in [0.25, 0.3) is 5.69 Å². The van der Waals surface area contributed by atoms with Gasteiger partial charge in [0.1, 0.15) is 23.2 Å². The van der Waals surface area contributed by atoms with Gasteiger partial charge in [-0.2, -0.15) is 9.13 Å². The standard InChI is InChI=1S/C19H21NO3.C19H23NO2.C19H24NO.C18H14N3O4.C12H11N.C7H15NO.C6H3ClN2O4.2ClH/c21-17-16(14-15-8-3-1-4-9-15)10-7-13-20(17)19(18(22)23)11-5-2-6-12-19;21-15-19(11-5-2-6-12-19)20-13-7-10-17(18(20)22)14-16-8-3-1-4-9-16;21-16-19(11-5-2-6-12-19)20-13-7-10-18(15-20)14-17-8-3-1-4-9-17;22-20(23)16-8-9-17(18(12-16)21(24)25)19-10-4-7-15(13-19)11-14-5-2-1-3-6-14;1-2-5-11(6-3-1)9-12-7-4-8-13-10-12;8-7(6-9)4-2-1-3-5-7;7-5-2-1-4(8(10)11)3-6(5)9(12)13;;/h1,3-4,7-10,13H,2,5-6,11-12,14H2,(H,22,23);1,3-4,7-10,13,21H,2,5-6,11-12,14-15H2;1,3-4,7-10,13,15,21H,2,5-6,11-12,14,16H2;1-10,12-13H,11H2;1-8,10H,9H2;9H,1-6,8H2;1-3H;2*1H/q;;2*+1;;;;;/p-2. The first-order valence-corrected chi connectivity index (χ1v) is 43.2. The van der Waals surface area contributed by atoms with E-state index in [2.05, 4.69) is 94.7 Å². The molecule has 4 aliphatic rings. The number of carboxylic acids is 1. The average Bonchev–Trinajstić information content (AvgIpc) is 0.769. The molecule has 4 saturated carbocycles. The van der Waals surface area contributed by atoms with E-state index in [1.54, 1.807) is 52.1 Å². The minimum atomic E-state index is -1.08. The number of nitrogens with zero attached hydrogens (tertiary/aromatic N) is 9. The second-order valence-corrected chi connectivity index (χ2v) is 32.9. The van der Waals surface area contributed by atoms with Crippen LogP contribution >= 0.6 is 11.6 Å². The number of nitrogens with two attached hydrogens (primary N) is 1. The summed E-state index contributed by atoms with van der Waals surface area (Å²) in [7, 11) is 0. The number of nitro groups is 4. The van der Waals surface area contributed by atoms with Crippen molar-refractivity contribution in [1.29, 1.82) is 0 Å². The van der Waals surface area contributed by atoms with Gasteiger partial charge in [-0.1, -0.05) is 246 Å². The van der Waals surface area contributed by atoms with Crippen LogP contribution in [-0.4, -0.2) is 85.6 Å². The van der Waals surface area contributed by atoms with Crippen LogP contribution in [0.5, 0.6) is 0 Å². The van der Waals surface area contributed by atoms with E-state index in [0.717, 1.165) is 136 Å². The molecule has 0 radical (unpaired) electrons. The van der Waals surface area contributed by atoms with Crippen LogP contribution in [-0.2, 0) is 53.5 Å². The molecule has 4 fully saturated rings. The zero-order valence-electron chi connectivity index (χ0n) is 71.6.